The number of nitrogens with one attached hydrogen (secondary N) is 2. The fourth-order valence-electron chi connectivity index (χ4n) is 5.82. The van der Waals surface area contributed by atoms with Crippen LogP contribution in [0.2, 0.25) is 0 Å². The molecule has 2 N–H and O–H groups in total. The molecule has 1 aromatic heterocycles. The van der Waals surface area contributed by atoms with Crippen molar-refractivity contribution in [3.05, 3.63) is 100 Å². The monoisotopic (exact) mass is 556 g/mol. The molecular formula is C30H28N4O5S. The van der Waals surface area contributed by atoms with Crippen molar-refractivity contribution in [2.45, 2.75) is 30.7 Å². The Morgan fingerprint density at radius 3 is 2.38 bits per heavy atom. The highest BCUT2D eigenvalue weighted by Gasteiger charge is 2.37. The van der Waals surface area contributed by atoms with Gasteiger partial charge < -0.3 is 14.8 Å². The average Bonchev–Trinajstić information content (AvgIpc) is 2.94. The van der Waals surface area contributed by atoms with Gasteiger partial charge in [0.15, 0.2) is 0 Å². The zero-order valence-corrected chi connectivity index (χ0v) is 22.6. The Morgan fingerprint density at radius 1 is 0.875 bits per heavy atom. The first-order chi connectivity index (χ1) is 19.2. The first-order valence-corrected chi connectivity index (χ1v) is 14.6. The third kappa shape index (κ3) is 4.86. The molecule has 3 heterocycles. The minimum Gasteiger partial charge on any atom is -0.338 e. The second-order valence-electron chi connectivity index (χ2n) is 10.5. The van der Waals surface area contributed by atoms with Crippen LogP contribution in [-0.2, 0) is 21.4 Å². The number of carbonyl (C=O) groups excluding carboxylic acids is 2. The Balaban J connectivity index is 1.22. The van der Waals surface area contributed by atoms with Gasteiger partial charge in [-0.2, -0.15) is 0 Å². The number of amides is 2. The van der Waals surface area contributed by atoms with E-state index in [0.717, 1.165) is 22.9 Å². The molecule has 2 aliphatic heterocycles. The van der Waals surface area contributed by atoms with Gasteiger partial charge >= 0.3 is 0 Å². The van der Waals surface area contributed by atoms with Crippen LogP contribution in [0.25, 0.3) is 10.8 Å². The van der Waals surface area contributed by atoms with Gasteiger partial charge in [-0.15, -0.1) is 0 Å². The van der Waals surface area contributed by atoms with E-state index in [-0.39, 0.29) is 34.2 Å². The summed E-state index contributed by atoms with van der Waals surface area (Å²) >= 11 is 0. The summed E-state index contributed by atoms with van der Waals surface area (Å²) in [6, 6.07) is 22.7. The number of pyridine rings is 1. The highest BCUT2D eigenvalue weighted by Crippen LogP contribution is 2.36. The van der Waals surface area contributed by atoms with Crippen molar-refractivity contribution in [2.75, 3.05) is 23.1 Å². The van der Waals surface area contributed by atoms with E-state index in [2.05, 4.69) is 10.0 Å². The van der Waals surface area contributed by atoms with Crippen LogP contribution in [-0.4, -0.2) is 42.8 Å². The Hall–Kier alpha value is -4.44. The lowest BCUT2D eigenvalue weighted by molar-refractivity contribution is -0.114. The van der Waals surface area contributed by atoms with E-state index in [1.54, 1.807) is 10.6 Å². The molecular weight excluding hydrogens is 528 g/mol. The maximum Gasteiger partial charge on any atom is 0.275 e. The number of benzene rings is 3. The number of fused-ring (bicyclic) bond motifs is 5. The summed E-state index contributed by atoms with van der Waals surface area (Å²) in [4.78, 5) is 39.9. The van der Waals surface area contributed by atoms with Crippen LogP contribution in [0.4, 0.5) is 11.4 Å². The Morgan fingerprint density at radius 2 is 1.62 bits per heavy atom. The summed E-state index contributed by atoms with van der Waals surface area (Å²) in [5.74, 6) is -0.218. The maximum atomic E-state index is 13.4. The zero-order chi connectivity index (χ0) is 28.0. The van der Waals surface area contributed by atoms with E-state index >= 15 is 0 Å². The quantitative estimate of drug-likeness (QED) is 0.385. The second kappa shape index (κ2) is 9.95. The minimum atomic E-state index is -4.02. The van der Waals surface area contributed by atoms with Crippen molar-refractivity contribution in [1.82, 2.24) is 9.47 Å². The van der Waals surface area contributed by atoms with Crippen LogP contribution in [0.15, 0.2) is 88.6 Å². The summed E-state index contributed by atoms with van der Waals surface area (Å²) in [5, 5.41) is 4.68. The van der Waals surface area contributed by atoms with E-state index in [4.69, 9.17) is 0 Å². The molecule has 4 aromatic rings. The van der Waals surface area contributed by atoms with Gasteiger partial charge in [0.1, 0.15) is 5.69 Å². The summed E-state index contributed by atoms with van der Waals surface area (Å²) in [6.45, 7) is 2.80. The topological polar surface area (TPSA) is 118 Å². The first-order valence-electron chi connectivity index (χ1n) is 13.1. The molecule has 10 heteroatoms. The number of nitrogens with zero attached hydrogens (tertiary/aromatic N) is 2. The predicted molar refractivity (Wildman–Crippen MR) is 153 cm³/mol. The first kappa shape index (κ1) is 25.8. The summed E-state index contributed by atoms with van der Waals surface area (Å²) < 4.78 is 30.1. The molecule has 40 heavy (non-hydrogen) atoms. The molecule has 1 fully saturated rings. The Kier molecular flexibility index (Phi) is 6.42. The summed E-state index contributed by atoms with van der Waals surface area (Å²) in [7, 11) is -4.02. The van der Waals surface area contributed by atoms with Gasteiger partial charge in [-0.25, -0.2) is 8.42 Å². The van der Waals surface area contributed by atoms with Crippen LogP contribution in [0.1, 0.15) is 35.3 Å². The maximum absolute atomic E-state index is 13.4. The third-order valence-corrected chi connectivity index (χ3v) is 9.00. The standard InChI is InChI=1S/C30H28N4O5S/c1-19(35)31-25-8-10-26(11-9-25)40(38,39)32-27-12-13-28-24-14-20(17-34(28)30(27)37)16-33(18-24)29(36)23-7-6-21-4-2-3-5-22(21)15-23/h2-13,15,20,24,32H,14,16-18H2,1H3,(H,31,35)/t20-,24+/m0/s1. The van der Waals surface area contributed by atoms with Crippen molar-refractivity contribution in [3.63, 3.8) is 0 Å². The number of carbonyl (C=O) groups is 2. The van der Waals surface area contributed by atoms with Crippen molar-refractivity contribution >= 4 is 44.0 Å². The van der Waals surface area contributed by atoms with Crippen molar-refractivity contribution < 1.29 is 18.0 Å². The zero-order valence-electron chi connectivity index (χ0n) is 21.8. The molecule has 0 saturated carbocycles. The third-order valence-electron chi connectivity index (χ3n) is 7.62. The summed E-state index contributed by atoms with van der Waals surface area (Å²) in [5.41, 5.74) is 1.49. The highest BCUT2D eigenvalue weighted by molar-refractivity contribution is 7.92. The Bertz CT molecular complexity index is 1810. The molecule has 204 valence electrons. The minimum absolute atomic E-state index is 0.0171. The smallest absolute Gasteiger partial charge is 0.275 e. The summed E-state index contributed by atoms with van der Waals surface area (Å²) in [6.07, 6.45) is 0.868. The fourth-order valence-corrected chi connectivity index (χ4v) is 6.88. The van der Waals surface area contributed by atoms with E-state index in [1.807, 2.05) is 47.4 Å². The van der Waals surface area contributed by atoms with Crippen molar-refractivity contribution in [2.24, 2.45) is 5.92 Å². The molecule has 9 nitrogen and oxygen atoms in total. The largest absolute Gasteiger partial charge is 0.338 e. The molecule has 2 aliphatic rings. The number of anilines is 2. The number of sulfonamides is 1. The van der Waals surface area contributed by atoms with Crippen LogP contribution in [0.3, 0.4) is 0 Å². The predicted octanol–water partition coefficient (Wildman–Crippen LogP) is 4.02. The molecule has 1 saturated heterocycles. The molecule has 0 aliphatic carbocycles. The average molecular weight is 557 g/mol. The SMILES string of the molecule is CC(=O)Nc1ccc(S(=O)(=O)Nc2ccc3n(c2=O)C[C@H]2C[C@@H]3CN(C(=O)c3ccc4ccccc4c3)C2)cc1. The fraction of sp³-hybridized carbons (Fsp3) is 0.233. The van der Waals surface area contributed by atoms with Crippen LogP contribution in [0, 0.1) is 5.92 Å². The number of rotatable bonds is 5. The number of aromatic nitrogens is 1. The van der Waals surface area contributed by atoms with Gasteiger partial charge in [0, 0.05) is 49.4 Å². The van der Waals surface area contributed by atoms with Gasteiger partial charge in [-0.1, -0.05) is 30.3 Å². The van der Waals surface area contributed by atoms with Gasteiger partial charge in [0.05, 0.1) is 4.90 Å². The van der Waals surface area contributed by atoms with E-state index in [0.29, 0.717) is 30.9 Å². The number of piperidine rings is 1. The normalized spacial score (nSPS) is 18.2. The molecule has 2 atom stereocenters. The lowest BCUT2D eigenvalue weighted by Gasteiger charge is -2.43. The Labute approximate surface area is 231 Å². The molecule has 6 rings (SSSR count). The van der Waals surface area contributed by atoms with Crippen LogP contribution >= 0.6 is 0 Å². The van der Waals surface area contributed by atoms with E-state index in [1.165, 1.54) is 37.3 Å². The second-order valence-corrected chi connectivity index (χ2v) is 12.2. The van der Waals surface area contributed by atoms with Gasteiger partial charge in [0.2, 0.25) is 5.91 Å². The van der Waals surface area contributed by atoms with Gasteiger partial charge in [-0.05, 0) is 71.6 Å². The highest BCUT2D eigenvalue weighted by atomic mass is 32.2. The van der Waals surface area contributed by atoms with Crippen LogP contribution < -0.4 is 15.6 Å². The number of hydrogen-bond acceptors (Lipinski definition) is 5. The van der Waals surface area contributed by atoms with Crippen molar-refractivity contribution in [1.29, 1.82) is 0 Å². The lowest BCUT2D eigenvalue weighted by Crippen LogP contribution is -2.49. The molecule has 0 unspecified atom stereocenters. The molecule has 2 bridgehead atoms. The van der Waals surface area contributed by atoms with Gasteiger partial charge in [-0.3, -0.25) is 19.1 Å². The van der Waals surface area contributed by atoms with Crippen molar-refractivity contribution in [3.8, 4) is 0 Å². The van der Waals surface area contributed by atoms with E-state index in [9.17, 15) is 22.8 Å². The van der Waals surface area contributed by atoms with Crippen LogP contribution in [0.5, 0.6) is 0 Å². The molecule has 3 aromatic carbocycles. The number of hydrogen-bond donors (Lipinski definition) is 2. The molecule has 2 amide bonds. The van der Waals surface area contributed by atoms with Gasteiger partial charge in [0.25, 0.3) is 21.5 Å². The molecule has 0 radical (unpaired) electrons. The lowest BCUT2D eigenvalue weighted by atomic mass is 9.83. The molecule has 0 spiro atoms. The number of likely N-dealkylation sites (tertiary alicyclic amines) is 1. The van der Waals surface area contributed by atoms with E-state index < -0.39 is 15.6 Å².